The zero-order valence-electron chi connectivity index (χ0n) is 8.03. The molecule has 0 amide bonds. The summed E-state index contributed by atoms with van der Waals surface area (Å²) in [6, 6.07) is 10.4. The molecule has 0 aliphatic rings. The normalized spacial score (nSPS) is 8.38. The minimum atomic E-state index is 0. The maximum absolute atomic E-state index is 5.24. The van der Waals surface area contributed by atoms with E-state index in [1.807, 2.05) is 13.0 Å². The van der Waals surface area contributed by atoms with Gasteiger partial charge in [-0.1, -0.05) is 30.3 Å². The van der Waals surface area contributed by atoms with Crippen molar-refractivity contribution >= 4 is 12.4 Å². The molecule has 0 heterocycles. The van der Waals surface area contributed by atoms with Crippen molar-refractivity contribution in [2.24, 2.45) is 0 Å². The molecule has 1 aromatic rings. The van der Waals surface area contributed by atoms with E-state index >= 15 is 0 Å². The highest BCUT2D eigenvalue weighted by molar-refractivity contribution is 5.85. The smallest absolute Gasteiger partial charge is 0.0506 e. The third-order valence-electron chi connectivity index (χ3n) is 1.58. The van der Waals surface area contributed by atoms with Crippen LogP contribution in [0.15, 0.2) is 30.3 Å². The Bertz CT molecular complexity index is 191. The zero-order valence-corrected chi connectivity index (χ0v) is 8.85. The van der Waals surface area contributed by atoms with Gasteiger partial charge in [0.15, 0.2) is 0 Å². The van der Waals surface area contributed by atoms with E-state index in [4.69, 9.17) is 4.74 Å². The van der Waals surface area contributed by atoms with Gasteiger partial charge in [-0.05, 0) is 18.9 Å². The highest BCUT2D eigenvalue weighted by Crippen LogP contribution is 1.98. The van der Waals surface area contributed by atoms with Crippen molar-refractivity contribution in [3.8, 4) is 0 Å². The Morgan fingerprint density at radius 1 is 1.15 bits per heavy atom. The van der Waals surface area contributed by atoms with E-state index in [-0.39, 0.29) is 18.6 Å². The molecule has 1 aromatic carbocycles. The largest absolute Gasteiger partial charge is 0.381 e. The molecule has 0 aromatic heterocycles. The molecule has 3 N–H and O–H groups in total. The summed E-state index contributed by atoms with van der Waals surface area (Å²) < 4.78 is 5.24. The van der Waals surface area contributed by atoms with Crippen molar-refractivity contribution in [2.45, 2.75) is 13.3 Å². The van der Waals surface area contributed by atoms with Gasteiger partial charge in [0.05, 0.1) is 6.61 Å². The summed E-state index contributed by atoms with van der Waals surface area (Å²) in [5.74, 6) is 0. The minimum Gasteiger partial charge on any atom is -0.381 e. The van der Waals surface area contributed by atoms with E-state index in [9.17, 15) is 0 Å². The monoisotopic (exact) mass is 203 g/mol. The third kappa shape index (κ3) is 6.58. The molecule has 0 spiro atoms. The first-order valence-corrected chi connectivity index (χ1v) is 4.05. The predicted molar refractivity (Wildman–Crippen MR) is 58.9 cm³/mol. The molecule has 0 saturated carbocycles. The van der Waals surface area contributed by atoms with Crippen molar-refractivity contribution in [1.29, 1.82) is 0 Å². The van der Waals surface area contributed by atoms with Crippen LogP contribution in [0.4, 0.5) is 0 Å². The Morgan fingerprint density at radius 2 is 1.77 bits per heavy atom. The molecular formula is C10H18ClNO. The van der Waals surface area contributed by atoms with Crippen molar-refractivity contribution in [3.05, 3.63) is 35.9 Å². The van der Waals surface area contributed by atoms with Gasteiger partial charge in [-0.3, -0.25) is 0 Å². The second-order valence-electron chi connectivity index (χ2n) is 2.43. The molecule has 0 bridgehead atoms. The van der Waals surface area contributed by atoms with E-state index in [1.54, 1.807) is 0 Å². The van der Waals surface area contributed by atoms with Gasteiger partial charge < -0.3 is 10.9 Å². The Balaban J connectivity index is 0. The van der Waals surface area contributed by atoms with Crippen LogP contribution in [0.3, 0.4) is 0 Å². The number of benzene rings is 1. The highest BCUT2D eigenvalue weighted by atomic mass is 35.5. The average molecular weight is 204 g/mol. The number of hydrogen-bond donors (Lipinski definition) is 1. The first-order valence-electron chi connectivity index (χ1n) is 4.05. The third-order valence-corrected chi connectivity index (χ3v) is 1.58. The lowest BCUT2D eigenvalue weighted by Crippen LogP contribution is -1.96. The van der Waals surface area contributed by atoms with Crippen LogP contribution in [-0.2, 0) is 11.2 Å². The molecule has 76 valence electrons. The molecule has 3 heteroatoms. The molecule has 0 aliphatic heterocycles. The number of hydrogen-bond acceptors (Lipinski definition) is 2. The van der Waals surface area contributed by atoms with Crippen LogP contribution in [0.25, 0.3) is 0 Å². The van der Waals surface area contributed by atoms with E-state index < -0.39 is 0 Å². The first-order chi connectivity index (χ1) is 5.43. The van der Waals surface area contributed by atoms with Crippen molar-refractivity contribution < 1.29 is 4.74 Å². The van der Waals surface area contributed by atoms with Gasteiger partial charge in [0.2, 0.25) is 0 Å². The van der Waals surface area contributed by atoms with Gasteiger partial charge in [-0.25, -0.2) is 0 Å². The van der Waals surface area contributed by atoms with Crippen LogP contribution in [0.1, 0.15) is 12.5 Å². The molecule has 0 saturated heterocycles. The van der Waals surface area contributed by atoms with Crippen molar-refractivity contribution in [1.82, 2.24) is 6.15 Å². The number of rotatable bonds is 4. The highest BCUT2D eigenvalue weighted by Gasteiger charge is 1.89. The standard InChI is InChI=1S/C10H14O.ClH.H3N/c1-2-11-9-8-10-6-4-3-5-7-10;;/h3-7H,2,8-9H2,1H3;1H;1H3. The fourth-order valence-corrected chi connectivity index (χ4v) is 0.979. The van der Waals surface area contributed by atoms with Gasteiger partial charge in [0.1, 0.15) is 0 Å². The van der Waals surface area contributed by atoms with Crippen molar-refractivity contribution in [3.63, 3.8) is 0 Å². The zero-order chi connectivity index (χ0) is 7.94. The van der Waals surface area contributed by atoms with Gasteiger partial charge in [0, 0.05) is 6.61 Å². The maximum Gasteiger partial charge on any atom is 0.0506 e. The van der Waals surface area contributed by atoms with Crippen LogP contribution >= 0.6 is 12.4 Å². The summed E-state index contributed by atoms with van der Waals surface area (Å²) in [5.41, 5.74) is 1.35. The summed E-state index contributed by atoms with van der Waals surface area (Å²) in [5, 5.41) is 0. The van der Waals surface area contributed by atoms with Gasteiger partial charge in [-0.15, -0.1) is 12.4 Å². The SMILES string of the molecule is CCOCCc1ccccc1.Cl.N. The first kappa shape index (κ1) is 14.9. The Labute approximate surface area is 86.3 Å². The maximum atomic E-state index is 5.24. The molecule has 0 unspecified atom stereocenters. The second-order valence-corrected chi connectivity index (χ2v) is 2.43. The topological polar surface area (TPSA) is 44.2 Å². The van der Waals surface area contributed by atoms with Gasteiger partial charge >= 0.3 is 0 Å². The number of halogens is 1. The molecular weight excluding hydrogens is 186 g/mol. The average Bonchev–Trinajstić information content (AvgIpc) is 2.07. The summed E-state index contributed by atoms with van der Waals surface area (Å²) in [4.78, 5) is 0. The lowest BCUT2D eigenvalue weighted by Gasteiger charge is -2.00. The van der Waals surface area contributed by atoms with Crippen LogP contribution in [-0.4, -0.2) is 13.2 Å². The second kappa shape index (κ2) is 9.52. The molecule has 2 nitrogen and oxygen atoms in total. The lowest BCUT2D eigenvalue weighted by molar-refractivity contribution is 0.151. The van der Waals surface area contributed by atoms with Gasteiger partial charge in [-0.2, -0.15) is 0 Å². The fraction of sp³-hybridized carbons (Fsp3) is 0.400. The molecule has 0 atom stereocenters. The van der Waals surface area contributed by atoms with E-state index in [0.29, 0.717) is 0 Å². The predicted octanol–water partition coefficient (Wildman–Crippen LogP) is 2.85. The van der Waals surface area contributed by atoms with Crippen LogP contribution < -0.4 is 6.15 Å². The van der Waals surface area contributed by atoms with Crippen LogP contribution in [0, 0.1) is 0 Å². The Hall–Kier alpha value is -0.570. The van der Waals surface area contributed by atoms with E-state index in [2.05, 4.69) is 24.3 Å². The van der Waals surface area contributed by atoms with E-state index in [0.717, 1.165) is 19.6 Å². The molecule has 0 aliphatic carbocycles. The summed E-state index contributed by atoms with van der Waals surface area (Å²) in [7, 11) is 0. The summed E-state index contributed by atoms with van der Waals surface area (Å²) in [6.07, 6.45) is 1.02. The van der Waals surface area contributed by atoms with E-state index in [1.165, 1.54) is 5.56 Å². The molecule has 0 fully saturated rings. The lowest BCUT2D eigenvalue weighted by atomic mass is 10.2. The quantitative estimate of drug-likeness (QED) is 0.765. The molecule has 1 rings (SSSR count). The van der Waals surface area contributed by atoms with Gasteiger partial charge in [0.25, 0.3) is 0 Å². The summed E-state index contributed by atoms with van der Waals surface area (Å²) >= 11 is 0. The minimum absolute atomic E-state index is 0. The Kier molecular flexibility index (Phi) is 10.9. The van der Waals surface area contributed by atoms with Crippen LogP contribution in [0.5, 0.6) is 0 Å². The Morgan fingerprint density at radius 3 is 2.31 bits per heavy atom. The fourth-order valence-electron chi connectivity index (χ4n) is 0.979. The number of ether oxygens (including phenoxy) is 1. The van der Waals surface area contributed by atoms with Crippen LogP contribution in [0.2, 0.25) is 0 Å². The summed E-state index contributed by atoms with van der Waals surface area (Å²) in [6.45, 7) is 3.67. The molecule has 13 heavy (non-hydrogen) atoms. The molecule has 0 radical (unpaired) electrons. The van der Waals surface area contributed by atoms with Crippen molar-refractivity contribution in [2.75, 3.05) is 13.2 Å².